The zero-order valence-electron chi connectivity index (χ0n) is 7.58. The normalized spacial score (nSPS) is 12.2. The van der Waals surface area contributed by atoms with E-state index in [1.807, 2.05) is 6.07 Å². The number of ether oxygens (including phenoxy) is 1. The maximum absolute atomic E-state index is 11.8. The second kappa shape index (κ2) is 4.56. The molecule has 0 saturated heterocycles. The third-order valence-electron chi connectivity index (χ3n) is 1.78. The van der Waals surface area contributed by atoms with Crippen molar-refractivity contribution in [2.45, 2.75) is 19.5 Å². The van der Waals surface area contributed by atoms with E-state index in [0.29, 0.717) is 5.56 Å². The first kappa shape index (κ1) is 10.5. The van der Waals surface area contributed by atoms with Gasteiger partial charge in [0.2, 0.25) is 0 Å². The Balaban J connectivity index is 2.85. The van der Waals surface area contributed by atoms with Gasteiger partial charge in [-0.15, -0.1) is 0 Å². The summed E-state index contributed by atoms with van der Waals surface area (Å²) in [6, 6.07) is 8.18. The Morgan fingerprint density at radius 3 is 2.71 bits per heavy atom. The third-order valence-corrected chi connectivity index (χ3v) is 1.78. The number of rotatable bonds is 3. The molecule has 74 valence electrons. The smallest absolute Gasteiger partial charge is 0.387 e. The van der Waals surface area contributed by atoms with Crippen LogP contribution in [0.3, 0.4) is 0 Å². The maximum atomic E-state index is 11.8. The van der Waals surface area contributed by atoms with Crippen LogP contribution in [-0.4, -0.2) is 6.61 Å². The summed E-state index contributed by atoms with van der Waals surface area (Å²) >= 11 is 0. The maximum Gasteiger partial charge on any atom is 0.387 e. The van der Waals surface area contributed by atoms with E-state index < -0.39 is 6.61 Å². The molecule has 1 rings (SSSR count). The summed E-state index contributed by atoms with van der Waals surface area (Å²) < 4.78 is 27.9. The molecule has 2 nitrogen and oxygen atoms in total. The van der Waals surface area contributed by atoms with Crippen molar-refractivity contribution < 1.29 is 13.5 Å². The summed E-state index contributed by atoms with van der Waals surface area (Å²) in [4.78, 5) is 0. The number of hydrogen-bond acceptors (Lipinski definition) is 2. The van der Waals surface area contributed by atoms with Crippen molar-refractivity contribution >= 4 is 0 Å². The van der Waals surface area contributed by atoms with Gasteiger partial charge in [-0.2, -0.15) is 14.0 Å². The van der Waals surface area contributed by atoms with Gasteiger partial charge in [0, 0.05) is 0 Å². The molecule has 0 aromatic heterocycles. The Labute approximate surface area is 80.7 Å². The topological polar surface area (TPSA) is 33.0 Å². The Morgan fingerprint density at radius 2 is 2.14 bits per heavy atom. The number of benzene rings is 1. The quantitative estimate of drug-likeness (QED) is 0.746. The third kappa shape index (κ3) is 2.70. The molecule has 0 saturated carbocycles. The lowest BCUT2D eigenvalue weighted by Crippen LogP contribution is -2.02. The van der Waals surface area contributed by atoms with Gasteiger partial charge in [-0.25, -0.2) is 0 Å². The molecule has 0 amide bonds. The van der Waals surface area contributed by atoms with Crippen molar-refractivity contribution in [3.63, 3.8) is 0 Å². The summed E-state index contributed by atoms with van der Waals surface area (Å²) in [5, 5.41) is 8.62. The van der Waals surface area contributed by atoms with Gasteiger partial charge in [-0.05, 0) is 24.6 Å². The molecule has 0 aliphatic heterocycles. The van der Waals surface area contributed by atoms with Crippen LogP contribution in [0.5, 0.6) is 5.75 Å². The Bertz CT molecular complexity index is 346. The Kier molecular flexibility index (Phi) is 3.41. The van der Waals surface area contributed by atoms with Gasteiger partial charge in [0.15, 0.2) is 0 Å². The lowest BCUT2D eigenvalue weighted by molar-refractivity contribution is -0.0498. The second-order valence-electron chi connectivity index (χ2n) is 2.80. The van der Waals surface area contributed by atoms with Gasteiger partial charge >= 0.3 is 6.61 Å². The van der Waals surface area contributed by atoms with E-state index in [2.05, 4.69) is 4.74 Å². The van der Waals surface area contributed by atoms with Gasteiger partial charge < -0.3 is 4.74 Å². The van der Waals surface area contributed by atoms with Crippen molar-refractivity contribution in [2.24, 2.45) is 0 Å². The van der Waals surface area contributed by atoms with E-state index in [1.54, 1.807) is 19.1 Å². The first-order valence-electron chi connectivity index (χ1n) is 4.08. The fraction of sp³-hybridized carbons (Fsp3) is 0.300. The van der Waals surface area contributed by atoms with Gasteiger partial charge in [-0.3, -0.25) is 0 Å². The minimum absolute atomic E-state index is 0.0830. The van der Waals surface area contributed by atoms with Crippen molar-refractivity contribution in [2.75, 3.05) is 0 Å². The molecule has 0 N–H and O–H groups in total. The molecule has 0 fully saturated rings. The summed E-state index contributed by atoms with van der Waals surface area (Å²) in [5.41, 5.74) is 0.672. The molecule has 4 heteroatoms. The highest BCUT2D eigenvalue weighted by Gasteiger charge is 2.07. The van der Waals surface area contributed by atoms with Crippen LogP contribution in [0.2, 0.25) is 0 Å². The largest absolute Gasteiger partial charge is 0.435 e. The van der Waals surface area contributed by atoms with Crippen LogP contribution >= 0.6 is 0 Å². The van der Waals surface area contributed by atoms with Gasteiger partial charge in [0.25, 0.3) is 0 Å². The number of hydrogen-bond donors (Lipinski definition) is 0. The molecule has 1 aromatic carbocycles. The van der Waals surface area contributed by atoms with E-state index in [1.165, 1.54) is 12.1 Å². The average molecular weight is 197 g/mol. The summed E-state index contributed by atoms with van der Waals surface area (Å²) in [7, 11) is 0. The van der Waals surface area contributed by atoms with Crippen LogP contribution in [0.25, 0.3) is 0 Å². The Morgan fingerprint density at radius 1 is 1.43 bits per heavy atom. The number of alkyl halides is 2. The van der Waals surface area contributed by atoms with Gasteiger partial charge in [-0.1, -0.05) is 12.1 Å². The lowest BCUT2D eigenvalue weighted by Gasteiger charge is -2.07. The predicted octanol–water partition coefficient (Wildman–Crippen LogP) is 2.92. The van der Waals surface area contributed by atoms with Crippen molar-refractivity contribution in [1.82, 2.24) is 0 Å². The molecule has 0 heterocycles. The summed E-state index contributed by atoms with van der Waals surface area (Å²) in [6.07, 6.45) is 0. The van der Waals surface area contributed by atoms with Crippen LogP contribution in [0.1, 0.15) is 18.4 Å². The van der Waals surface area contributed by atoms with E-state index in [-0.39, 0.29) is 11.7 Å². The van der Waals surface area contributed by atoms with Crippen LogP contribution < -0.4 is 4.74 Å². The minimum Gasteiger partial charge on any atom is -0.435 e. The van der Waals surface area contributed by atoms with Crippen molar-refractivity contribution in [3.05, 3.63) is 29.8 Å². The molecule has 0 aliphatic rings. The second-order valence-corrected chi connectivity index (χ2v) is 2.80. The van der Waals surface area contributed by atoms with Gasteiger partial charge in [0.05, 0.1) is 12.0 Å². The fourth-order valence-electron chi connectivity index (χ4n) is 1.03. The molecule has 1 aromatic rings. The standard InChI is InChI=1S/C10H9F2NO/c1-7(6-13)8-3-2-4-9(5-8)14-10(11)12/h2-5,7,10H,1H3. The van der Waals surface area contributed by atoms with Crippen LogP contribution in [-0.2, 0) is 0 Å². The van der Waals surface area contributed by atoms with Crippen LogP contribution in [0.4, 0.5) is 8.78 Å². The van der Waals surface area contributed by atoms with E-state index in [0.717, 1.165) is 0 Å². The number of nitrogens with zero attached hydrogens (tertiary/aromatic N) is 1. The van der Waals surface area contributed by atoms with Crippen LogP contribution in [0, 0.1) is 11.3 Å². The summed E-state index contributed by atoms with van der Waals surface area (Å²) in [5.74, 6) is -0.240. The number of halogens is 2. The molecule has 0 spiro atoms. The molecule has 0 radical (unpaired) electrons. The van der Waals surface area contributed by atoms with Gasteiger partial charge in [0.1, 0.15) is 5.75 Å². The molecular weight excluding hydrogens is 188 g/mol. The molecule has 1 atom stereocenters. The lowest BCUT2D eigenvalue weighted by atomic mass is 10.0. The molecule has 14 heavy (non-hydrogen) atoms. The SMILES string of the molecule is CC(C#N)c1cccc(OC(F)F)c1. The van der Waals surface area contributed by atoms with Crippen molar-refractivity contribution in [3.8, 4) is 11.8 Å². The molecular formula is C10H9F2NO. The summed E-state index contributed by atoms with van der Waals surface area (Å²) in [6.45, 7) is -1.13. The Hall–Kier alpha value is -1.63. The predicted molar refractivity (Wildman–Crippen MR) is 47.1 cm³/mol. The first-order chi connectivity index (χ1) is 6.63. The van der Waals surface area contributed by atoms with E-state index >= 15 is 0 Å². The highest BCUT2D eigenvalue weighted by Crippen LogP contribution is 2.21. The van der Waals surface area contributed by atoms with Crippen molar-refractivity contribution in [1.29, 1.82) is 5.26 Å². The molecule has 1 unspecified atom stereocenters. The number of nitriles is 1. The highest BCUT2D eigenvalue weighted by molar-refractivity contribution is 5.32. The van der Waals surface area contributed by atoms with E-state index in [4.69, 9.17) is 5.26 Å². The monoisotopic (exact) mass is 197 g/mol. The molecule has 0 bridgehead atoms. The minimum atomic E-state index is -2.83. The average Bonchev–Trinajstić information content (AvgIpc) is 2.16. The molecule has 0 aliphatic carbocycles. The highest BCUT2D eigenvalue weighted by atomic mass is 19.3. The zero-order valence-corrected chi connectivity index (χ0v) is 7.58. The van der Waals surface area contributed by atoms with Crippen LogP contribution in [0.15, 0.2) is 24.3 Å². The first-order valence-corrected chi connectivity index (χ1v) is 4.08. The fourth-order valence-corrected chi connectivity index (χ4v) is 1.03. The van der Waals surface area contributed by atoms with E-state index in [9.17, 15) is 8.78 Å². The zero-order chi connectivity index (χ0) is 10.6.